The van der Waals surface area contributed by atoms with Crippen LogP contribution < -0.4 is 0 Å². The third-order valence-corrected chi connectivity index (χ3v) is 19.4. The van der Waals surface area contributed by atoms with Crippen molar-refractivity contribution in [2.45, 2.75) is 11.8 Å². The molecule has 0 spiro atoms. The van der Waals surface area contributed by atoms with Crippen molar-refractivity contribution in [1.29, 1.82) is 0 Å². The Hall–Kier alpha value is -9.98. The molecule has 3 aliphatic rings. The van der Waals surface area contributed by atoms with Crippen LogP contribution in [0.2, 0.25) is 0 Å². The molecule has 6 heteroatoms. The molecule has 0 radical (unpaired) electrons. The zero-order valence-corrected chi connectivity index (χ0v) is 45.8. The molecule has 2 atom stereocenters. The highest BCUT2D eigenvalue weighted by Crippen LogP contribution is 2.57. The fourth-order valence-electron chi connectivity index (χ4n) is 13.2. The highest BCUT2D eigenvalue weighted by molar-refractivity contribution is 7.26. The summed E-state index contributed by atoms with van der Waals surface area (Å²) in [5.74, 6) is 1.42. The number of nitrogens with zero attached hydrogens (tertiary/aromatic N) is 4. The van der Waals surface area contributed by atoms with Gasteiger partial charge in [-0.15, -0.1) is 22.7 Å². The van der Waals surface area contributed by atoms with E-state index in [-0.39, 0.29) is 11.8 Å². The minimum absolute atomic E-state index is 0.00937. The van der Waals surface area contributed by atoms with Gasteiger partial charge in [-0.1, -0.05) is 231 Å². The molecule has 0 saturated carbocycles. The summed E-state index contributed by atoms with van der Waals surface area (Å²) >= 11 is 3.71. The number of hydrogen-bond donors (Lipinski definition) is 0. The van der Waals surface area contributed by atoms with Crippen LogP contribution in [-0.4, -0.2) is 19.9 Å². The van der Waals surface area contributed by atoms with Gasteiger partial charge in [0.1, 0.15) is 0 Å². The summed E-state index contributed by atoms with van der Waals surface area (Å²) in [6, 6.07) is 96.7. The number of thiophene rings is 2. The average Bonchev–Trinajstić information content (AvgIpc) is 3.36. The van der Waals surface area contributed by atoms with Crippen LogP contribution in [0.1, 0.15) is 45.2 Å². The van der Waals surface area contributed by atoms with Crippen molar-refractivity contribution in [3.05, 3.63) is 300 Å². The van der Waals surface area contributed by atoms with Crippen molar-refractivity contribution in [3.8, 4) is 90.1 Å². The Bertz CT molecular complexity index is 4760. The van der Waals surface area contributed by atoms with E-state index < -0.39 is 0 Å². The SMILES string of the molecule is c1ccc(-c2cc(-c3ccccc3-c3cccc4c3sc3ccccc34)nc(-c3ccc4c(c3)C3c5ccccc5C4c4cc(-c5nc(-c6ccccc6)cc(-c6ccccc6-c6cccc7c6sc6ccccc67)n5)ccc43)n2)cc1. The van der Waals surface area contributed by atoms with Crippen LogP contribution in [0.3, 0.4) is 0 Å². The second-order valence-corrected chi connectivity index (χ2v) is 23.6. The van der Waals surface area contributed by atoms with Crippen LogP contribution >= 0.6 is 22.7 Å². The highest BCUT2D eigenvalue weighted by Gasteiger charge is 2.42. The van der Waals surface area contributed by atoms with Crippen molar-refractivity contribution in [1.82, 2.24) is 19.9 Å². The first kappa shape index (κ1) is 46.9. The standard InChI is InChI=1S/C76H46N4S2/c1-3-19-45(20-4-1)65-43-67(51-25-9-7-23-49(51)59-31-17-33-61-53-27-13-15-35-69(53)81-73(59)61)79-75(77-65)47-37-39-57-63(41-47)71-55-29-11-12-30-56(55)72(57)64-42-48(38-40-58(64)71)76-78-66(46-21-5-2-6-22-46)44-68(80-76)52-26-10-8-24-50(52)60-32-18-34-62-54-28-14-16-36-70(54)82-74(60)62/h1-44,71-72H. The highest BCUT2D eigenvalue weighted by atomic mass is 32.1. The van der Waals surface area contributed by atoms with E-state index in [4.69, 9.17) is 19.9 Å². The maximum absolute atomic E-state index is 5.53. The van der Waals surface area contributed by atoms with Crippen LogP contribution in [0, 0.1) is 0 Å². The number of rotatable bonds is 8. The zero-order valence-electron chi connectivity index (χ0n) is 44.2. The Kier molecular flexibility index (Phi) is 10.8. The Morgan fingerprint density at radius 3 is 1.05 bits per heavy atom. The predicted octanol–water partition coefficient (Wildman–Crippen LogP) is 20.3. The van der Waals surface area contributed by atoms with Gasteiger partial charge >= 0.3 is 0 Å². The second kappa shape index (κ2) is 18.8. The van der Waals surface area contributed by atoms with Crippen LogP contribution in [0.4, 0.5) is 0 Å². The van der Waals surface area contributed by atoms with Crippen molar-refractivity contribution in [2.75, 3.05) is 0 Å². The first-order valence-corrected chi connectivity index (χ1v) is 29.5. The van der Waals surface area contributed by atoms with E-state index in [1.807, 2.05) is 22.7 Å². The van der Waals surface area contributed by atoms with Crippen LogP contribution in [-0.2, 0) is 0 Å². The van der Waals surface area contributed by atoms with Crippen LogP contribution in [0.5, 0.6) is 0 Å². The second-order valence-electron chi connectivity index (χ2n) is 21.5. The van der Waals surface area contributed by atoms with Crippen molar-refractivity contribution in [3.63, 3.8) is 0 Å². The van der Waals surface area contributed by atoms with Gasteiger partial charge in [0.25, 0.3) is 0 Å². The summed E-state index contributed by atoms with van der Waals surface area (Å²) in [5, 5.41) is 5.13. The van der Waals surface area contributed by atoms with Crippen molar-refractivity contribution >= 4 is 63.0 Å². The number of hydrogen-bond acceptors (Lipinski definition) is 6. The average molecular weight is 1080 g/mol. The number of aromatic nitrogens is 4. The van der Waals surface area contributed by atoms with Gasteiger partial charge in [-0.05, 0) is 80.9 Å². The lowest BCUT2D eigenvalue weighted by molar-refractivity contribution is 0.754. The molecule has 4 heterocycles. The van der Waals surface area contributed by atoms with Crippen molar-refractivity contribution < 1.29 is 0 Å². The number of benzene rings is 11. The van der Waals surface area contributed by atoms with Gasteiger partial charge < -0.3 is 0 Å². The Morgan fingerprint density at radius 2 is 0.585 bits per heavy atom. The molecule has 2 unspecified atom stereocenters. The lowest BCUT2D eigenvalue weighted by atomic mass is 9.61. The van der Waals surface area contributed by atoms with Gasteiger partial charge in [-0.3, -0.25) is 0 Å². The smallest absolute Gasteiger partial charge is 0.160 e. The molecule has 82 heavy (non-hydrogen) atoms. The van der Waals surface area contributed by atoms with Gasteiger partial charge in [0, 0.05) is 96.7 Å². The first-order chi connectivity index (χ1) is 40.6. The summed E-state index contributed by atoms with van der Waals surface area (Å²) in [7, 11) is 0. The number of fused-ring (bicyclic) bond motifs is 6. The summed E-state index contributed by atoms with van der Waals surface area (Å²) in [5.41, 5.74) is 22.4. The minimum Gasteiger partial charge on any atom is -0.228 e. The monoisotopic (exact) mass is 1080 g/mol. The predicted molar refractivity (Wildman–Crippen MR) is 342 cm³/mol. The van der Waals surface area contributed by atoms with E-state index in [1.165, 1.54) is 84.9 Å². The molecule has 11 aromatic carbocycles. The topological polar surface area (TPSA) is 51.6 Å². The normalized spacial score (nSPS) is 14.1. The lowest BCUT2D eigenvalue weighted by Crippen LogP contribution is -2.27. The van der Waals surface area contributed by atoms with Crippen LogP contribution in [0.15, 0.2) is 267 Å². The Labute approximate surface area is 482 Å². The van der Waals surface area contributed by atoms with Gasteiger partial charge in [-0.25, -0.2) is 19.9 Å². The summed E-state index contributed by atoms with van der Waals surface area (Å²) < 4.78 is 5.14. The van der Waals surface area contributed by atoms with Gasteiger partial charge in [-0.2, -0.15) is 0 Å². The summed E-state index contributed by atoms with van der Waals surface area (Å²) in [6.07, 6.45) is 0. The fraction of sp³-hybridized carbons (Fsp3) is 0.0263. The summed E-state index contributed by atoms with van der Waals surface area (Å²) in [4.78, 5) is 21.9. The molecule has 18 rings (SSSR count). The summed E-state index contributed by atoms with van der Waals surface area (Å²) in [6.45, 7) is 0. The molecule has 15 aromatic rings. The molecule has 3 aliphatic carbocycles. The van der Waals surface area contributed by atoms with Gasteiger partial charge in [0.2, 0.25) is 0 Å². The van der Waals surface area contributed by atoms with Gasteiger partial charge in [0.15, 0.2) is 11.6 Å². The zero-order chi connectivity index (χ0) is 53.8. The molecule has 0 saturated heterocycles. The molecule has 0 amide bonds. The van der Waals surface area contributed by atoms with E-state index in [0.717, 1.165) is 67.3 Å². The molecule has 382 valence electrons. The van der Waals surface area contributed by atoms with E-state index in [2.05, 4.69) is 267 Å². The van der Waals surface area contributed by atoms with E-state index in [9.17, 15) is 0 Å². The molecule has 4 aromatic heterocycles. The maximum Gasteiger partial charge on any atom is 0.160 e. The largest absolute Gasteiger partial charge is 0.228 e. The first-order valence-electron chi connectivity index (χ1n) is 27.9. The molecular formula is C76H46N4S2. The molecular weight excluding hydrogens is 1030 g/mol. The minimum atomic E-state index is 0.00937. The molecule has 4 nitrogen and oxygen atoms in total. The third kappa shape index (κ3) is 7.49. The molecule has 0 aliphatic heterocycles. The maximum atomic E-state index is 5.53. The Morgan fingerprint density at radius 1 is 0.232 bits per heavy atom. The van der Waals surface area contributed by atoms with Gasteiger partial charge in [0.05, 0.1) is 22.8 Å². The lowest BCUT2D eigenvalue weighted by Gasteiger charge is -2.42. The van der Waals surface area contributed by atoms with Crippen molar-refractivity contribution in [2.24, 2.45) is 0 Å². The third-order valence-electron chi connectivity index (χ3n) is 16.9. The molecule has 0 fully saturated rings. The molecule has 2 bridgehead atoms. The quantitative estimate of drug-likeness (QED) is 0.152. The van der Waals surface area contributed by atoms with E-state index >= 15 is 0 Å². The van der Waals surface area contributed by atoms with Crippen LogP contribution in [0.25, 0.3) is 130 Å². The molecule has 0 N–H and O–H groups in total. The van der Waals surface area contributed by atoms with E-state index in [1.54, 1.807) is 0 Å². The Balaban J connectivity index is 0.792. The van der Waals surface area contributed by atoms with E-state index in [0.29, 0.717) is 11.6 Å². The fourth-order valence-corrected chi connectivity index (χ4v) is 15.7.